The minimum absolute atomic E-state index is 0.253. The number of aromatic nitrogens is 2. The van der Waals surface area contributed by atoms with Gasteiger partial charge in [-0.1, -0.05) is 18.2 Å². The van der Waals surface area contributed by atoms with Crippen molar-refractivity contribution in [3.63, 3.8) is 0 Å². The van der Waals surface area contributed by atoms with Gasteiger partial charge < -0.3 is 15.4 Å². The lowest BCUT2D eigenvalue weighted by Gasteiger charge is -2.18. The van der Waals surface area contributed by atoms with Crippen LogP contribution in [-0.4, -0.2) is 42.0 Å². The fourth-order valence-corrected chi connectivity index (χ4v) is 2.75. The SMILES string of the molecule is CN=C(NCCOc1ccccc1)NC(C)Cc1c(C)nn(C)c1C. The molecule has 136 valence electrons. The van der Waals surface area contributed by atoms with Gasteiger partial charge in [-0.05, 0) is 44.9 Å². The third kappa shape index (κ3) is 5.52. The zero-order valence-corrected chi connectivity index (χ0v) is 15.8. The molecule has 1 heterocycles. The molecule has 0 saturated heterocycles. The lowest BCUT2D eigenvalue weighted by molar-refractivity contribution is 0.321. The van der Waals surface area contributed by atoms with Gasteiger partial charge in [-0.25, -0.2) is 0 Å². The Morgan fingerprint density at radius 2 is 2.00 bits per heavy atom. The third-order valence-electron chi connectivity index (χ3n) is 4.18. The molecular weight excluding hydrogens is 314 g/mol. The van der Waals surface area contributed by atoms with E-state index in [2.05, 4.69) is 41.5 Å². The monoisotopic (exact) mass is 343 g/mol. The van der Waals surface area contributed by atoms with E-state index in [0.717, 1.165) is 23.8 Å². The van der Waals surface area contributed by atoms with Gasteiger partial charge in [-0.3, -0.25) is 9.67 Å². The maximum atomic E-state index is 5.68. The highest BCUT2D eigenvalue weighted by Gasteiger charge is 2.13. The Hall–Kier alpha value is -2.50. The number of aliphatic imine (C=N–C) groups is 1. The molecular formula is C19H29N5O. The van der Waals surface area contributed by atoms with Crippen LogP contribution in [0.4, 0.5) is 0 Å². The first-order valence-corrected chi connectivity index (χ1v) is 8.65. The van der Waals surface area contributed by atoms with Gasteiger partial charge in [0, 0.05) is 25.8 Å². The van der Waals surface area contributed by atoms with Gasteiger partial charge in [0.25, 0.3) is 0 Å². The summed E-state index contributed by atoms with van der Waals surface area (Å²) in [7, 11) is 3.76. The highest BCUT2D eigenvalue weighted by atomic mass is 16.5. The molecule has 6 heteroatoms. The second kappa shape index (κ2) is 9.11. The maximum absolute atomic E-state index is 5.68. The smallest absolute Gasteiger partial charge is 0.191 e. The molecule has 0 aliphatic rings. The average molecular weight is 343 g/mol. The van der Waals surface area contributed by atoms with Crippen molar-refractivity contribution < 1.29 is 4.74 Å². The first kappa shape index (κ1) is 18.8. The summed E-state index contributed by atoms with van der Waals surface area (Å²) < 4.78 is 7.62. The number of hydrogen-bond acceptors (Lipinski definition) is 3. The minimum Gasteiger partial charge on any atom is -0.492 e. The van der Waals surface area contributed by atoms with Gasteiger partial charge >= 0.3 is 0 Å². The average Bonchev–Trinajstić information content (AvgIpc) is 2.84. The lowest BCUT2D eigenvalue weighted by atomic mass is 10.1. The number of nitrogens with zero attached hydrogens (tertiary/aromatic N) is 3. The second-order valence-electron chi connectivity index (χ2n) is 6.18. The predicted molar refractivity (Wildman–Crippen MR) is 102 cm³/mol. The van der Waals surface area contributed by atoms with Crippen LogP contribution in [0.1, 0.15) is 23.9 Å². The molecule has 0 bridgehead atoms. The van der Waals surface area contributed by atoms with Crippen LogP contribution in [0.15, 0.2) is 35.3 Å². The minimum atomic E-state index is 0.253. The molecule has 1 unspecified atom stereocenters. The number of para-hydroxylation sites is 1. The van der Waals surface area contributed by atoms with E-state index in [9.17, 15) is 0 Å². The van der Waals surface area contributed by atoms with E-state index >= 15 is 0 Å². The highest BCUT2D eigenvalue weighted by molar-refractivity contribution is 5.79. The van der Waals surface area contributed by atoms with Crippen LogP contribution in [0.5, 0.6) is 5.75 Å². The maximum Gasteiger partial charge on any atom is 0.191 e. The zero-order valence-electron chi connectivity index (χ0n) is 15.8. The molecule has 1 aromatic carbocycles. The molecule has 1 atom stereocenters. The summed E-state index contributed by atoms with van der Waals surface area (Å²) in [5, 5.41) is 11.2. The van der Waals surface area contributed by atoms with Crippen LogP contribution in [0.2, 0.25) is 0 Å². The summed E-state index contributed by atoms with van der Waals surface area (Å²) in [6.45, 7) is 7.59. The fraction of sp³-hybridized carbons (Fsp3) is 0.474. The summed E-state index contributed by atoms with van der Waals surface area (Å²) in [4.78, 5) is 4.28. The molecule has 0 saturated carbocycles. The summed E-state index contributed by atoms with van der Waals surface area (Å²) in [5.74, 6) is 1.66. The standard InChI is InChI=1S/C19H29N5O/c1-14(13-18-15(2)23-24(5)16(18)3)22-19(20-4)21-11-12-25-17-9-7-6-8-10-17/h6-10,14H,11-13H2,1-5H3,(H2,20,21,22). The second-order valence-corrected chi connectivity index (χ2v) is 6.18. The number of ether oxygens (including phenoxy) is 1. The van der Waals surface area contributed by atoms with Crippen LogP contribution >= 0.6 is 0 Å². The van der Waals surface area contributed by atoms with Gasteiger partial charge in [-0.2, -0.15) is 5.10 Å². The van der Waals surface area contributed by atoms with Crippen molar-refractivity contribution in [2.75, 3.05) is 20.2 Å². The Morgan fingerprint density at radius 3 is 2.60 bits per heavy atom. The van der Waals surface area contributed by atoms with Crippen molar-refractivity contribution in [1.29, 1.82) is 0 Å². The Bertz CT molecular complexity index is 693. The molecule has 0 fully saturated rings. The van der Waals surface area contributed by atoms with Crippen molar-refractivity contribution >= 4 is 5.96 Å². The van der Waals surface area contributed by atoms with Crippen LogP contribution in [0.3, 0.4) is 0 Å². The normalized spacial score (nSPS) is 12.8. The first-order chi connectivity index (χ1) is 12.0. The Labute approximate surface area is 150 Å². The quantitative estimate of drug-likeness (QED) is 0.460. The van der Waals surface area contributed by atoms with Crippen molar-refractivity contribution in [2.24, 2.45) is 12.0 Å². The molecule has 2 N–H and O–H groups in total. The fourth-order valence-electron chi connectivity index (χ4n) is 2.75. The van der Waals surface area contributed by atoms with Gasteiger partial charge in [-0.15, -0.1) is 0 Å². The van der Waals surface area contributed by atoms with Gasteiger partial charge in [0.1, 0.15) is 12.4 Å². The summed E-state index contributed by atoms with van der Waals surface area (Å²) in [6, 6.07) is 10.1. The molecule has 25 heavy (non-hydrogen) atoms. The number of guanidine groups is 1. The molecule has 0 aliphatic heterocycles. The van der Waals surface area contributed by atoms with Crippen LogP contribution in [0.25, 0.3) is 0 Å². The Balaban J connectivity index is 1.77. The molecule has 2 aromatic rings. The number of rotatable bonds is 7. The number of hydrogen-bond donors (Lipinski definition) is 2. The molecule has 0 amide bonds. The van der Waals surface area contributed by atoms with E-state index < -0.39 is 0 Å². The third-order valence-corrected chi connectivity index (χ3v) is 4.18. The molecule has 6 nitrogen and oxygen atoms in total. The molecule has 0 aliphatic carbocycles. The van der Waals surface area contributed by atoms with Gasteiger partial charge in [0.15, 0.2) is 5.96 Å². The van der Waals surface area contributed by atoms with Gasteiger partial charge in [0.05, 0.1) is 12.2 Å². The summed E-state index contributed by atoms with van der Waals surface area (Å²) >= 11 is 0. The predicted octanol–water partition coefficient (Wildman–Crippen LogP) is 2.21. The van der Waals surface area contributed by atoms with E-state index in [1.54, 1.807) is 7.05 Å². The Kier molecular flexibility index (Phi) is 6.86. The lowest BCUT2D eigenvalue weighted by Crippen LogP contribution is -2.44. The van der Waals surface area contributed by atoms with Gasteiger partial charge in [0.2, 0.25) is 0 Å². The molecule has 2 rings (SSSR count). The first-order valence-electron chi connectivity index (χ1n) is 8.65. The van der Waals surface area contributed by atoms with E-state index in [1.165, 1.54) is 11.3 Å². The van der Waals surface area contributed by atoms with E-state index in [-0.39, 0.29) is 6.04 Å². The zero-order chi connectivity index (χ0) is 18.2. The molecule has 0 spiro atoms. The van der Waals surface area contributed by atoms with Crippen molar-refractivity contribution in [2.45, 2.75) is 33.2 Å². The number of nitrogens with one attached hydrogen (secondary N) is 2. The summed E-state index contributed by atoms with van der Waals surface area (Å²) in [6.07, 6.45) is 0.909. The largest absolute Gasteiger partial charge is 0.492 e. The summed E-state index contributed by atoms with van der Waals surface area (Å²) in [5.41, 5.74) is 3.60. The van der Waals surface area contributed by atoms with Crippen molar-refractivity contribution in [1.82, 2.24) is 20.4 Å². The van der Waals surface area contributed by atoms with Crippen LogP contribution < -0.4 is 15.4 Å². The van der Waals surface area contributed by atoms with E-state index in [4.69, 9.17) is 4.74 Å². The van der Waals surface area contributed by atoms with E-state index in [1.807, 2.05) is 42.1 Å². The van der Waals surface area contributed by atoms with Crippen molar-refractivity contribution in [3.05, 3.63) is 47.3 Å². The van der Waals surface area contributed by atoms with E-state index in [0.29, 0.717) is 13.2 Å². The van der Waals surface area contributed by atoms with Crippen LogP contribution in [-0.2, 0) is 13.5 Å². The molecule has 1 aromatic heterocycles. The highest BCUT2D eigenvalue weighted by Crippen LogP contribution is 2.14. The topological polar surface area (TPSA) is 63.5 Å². The number of aryl methyl sites for hydroxylation is 2. The molecule has 0 radical (unpaired) electrons. The van der Waals surface area contributed by atoms with Crippen LogP contribution in [0, 0.1) is 13.8 Å². The number of benzene rings is 1. The Morgan fingerprint density at radius 1 is 1.28 bits per heavy atom. The van der Waals surface area contributed by atoms with Crippen molar-refractivity contribution in [3.8, 4) is 5.75 Å².